The van der Waals surface area contributed by atoms with Gasteiger partial charge in [-0.25, -0.2) is 4.79 Å². The second-order valence-electron chi connectivity index (χ2n) is 6.03. The van der Waals surface area contributed by atoms with Gasteiger partial charge >= 0.3 is 5.97 Å². The van der Waals surface area contributed by atoms with Crippen LogP contribution >= 0.6 is 0 Å². The topological polar surface area (TPSA) is 66.8 Å². The quantitative estimate of drug-likeness (QED) is 0.841. The fourth-order valence-corrected chi connectivity index (χ4v) is 2.67. The number of hydrogen-bond acceptors (Lipinski definition) is 3. The Balaban J connectivity index is 2.11. The number of aliphatic carboxylic acids is 1. The van der Waals surface area contributed by atoms with Crippen LogP contribution in [0.25, 0.3) is 0 Å². The van der Waals surface area contributed by atoms with E-state index in [1.165, 1.54) is 11.9 Å². The van der Waals surface area contributed by atoms with E-state index in [-0.39, 0.29) is 18.7 Å². The molecule has 0 bridgehead atoms. The van der Waals surface area contributed by atoms with Gasteiger partial charge in [-0.1, -0.05) is 42.5 Å². The second kappa shape index (κ2) is 8.33. The Morgan fingerprint density at radius 2 is 1.80 bits per heavy atom. The average Bonchev–Trinajstić information content (AvgIpc) is 2.61. The molecule has 0 aliphatic heterocycles. The van der Waals surface area contributed by atoms with E-state index < -0.39 is 12.0 Å². The van der Waals surface area contributed by atoms with Crippen LogP contribution in [-0.4, -0.2) is 42.1 Å². The molecule has 2 aromatic carbocycles. The molecule has 0 saturated carbocycles. The van der Waals surface area contributed by atoms with E-state index in [1.54, 1.807) is 7.11 Å². The maximum Gasteiger partial charge on any atom is 0.326 e. The van der Waals surface area contributed by atoms with E-state index in [0.29, 0.717) is 5.75 Å². The fraction of sp³-hybridized carbons (Fsp3) is 0.300. The third kappa shape index (κ3) is 4.83. The first-order valence-corrected chi connectivity index (χ1v) is 8.08. The van der Waals surface area contributed by atoms with E-state index >= 15 is 0 Å². The molecule has 1 unspecified atom stereocenters. The summed E-state index contributed by atoms with van der Waals surface area (Å²) >= 11 is 0. The van der Waals surface area contributed by atoms with Crippen LogP contribution in [0.3, 0.4) is 0 Å². The summed E-state index contributed by atoms with van der Waals surface area (Å²) in [5.41, 5.74) is 2.66. The number of hydrogen-bond donors (Lipinski definition) is 1. The van der Waals surface area contributed by atoms with Crippen LogP contribution in [-0.2, 0) is 22.4 Å². The number of rotatable bonds is 7. The van der Waals surface area contributed by atoms with Crippen molar-refractivity contribution in [2.24, 2.45) is 0 Å². The van der Waals surface area contributed by atoms with Crippen LogP contribution in [0.5, 0.6) is 5.75 Å². The lowest BCUT2D eigenvalue weighted by Crippen LogP contribution is -2.44. The normalized spacial score (nSPS) is 11.6. The Morgan fingerprint density at radius 1 is 1.12 bits per heavy atom. The van der Waals surface area contributed by atoms with Gasteiger partial charge in [0.2, 0.25) is 5.91 Å². The van der Waals surface area contributed by atoms with E-state index in [4.69, 9.17) is 4.74 Å². The van der Waals surface area contributed by atoms with Gasteiger partial charge in [-0.2, -0.15) is 0 Å². The summed E-state index contributed by atoms with van der Waals surface area (Å²) < 4.78 is 5.27. The molecule has 132 valence electrons. The number of carbonyl (C=O) groups excluding carboxylic acids is 1. The summed E-state index contributed by atoms with van der Waals surface area (Å²) in [5, 5.41) is 9.52. The third-order valence-corrected chi connectivity index (χ3v) is 4.25. The predicted octanol–water partition coefficient (Wildman–Crippen LogP) is 2.70. The van der Waals surface area contributed by atoms with Crippen molar-refractivity contribution in [2.75, 3.05) is 14.2 Å². The molecule has 0 saturated heterocycles. The van der Waals surface area contributed by atoms with E-state index in [1.807, 2.05) is 55.5 Å². The standard InChI is InChI=1S/C20H23NO4/c1-14-9-10-16(12-18(14)25-3)13-19(22)21(2)17(20(23)24)11-15-7-5-4-6-8-15/h4-10,12,17H,11,13H2,1-3H3,(H,23,24). The van der Waals surface area contributed by atoms with E-state index in [2.05, 4.69) is 0 Å². The Labute approximate surface area is 147 Å². The number of likely N-dealkylation sites (N-methyl/N-ethyl adjacent to an activating group) is 1. The van der Waals surface area contributed by atoms with Crippen molar-refractivity contribution in [1.29, 1.82) is 0 Å². The van der Waals surface area contributed by atoms with E-state index in [0.717, 1.165) is 16.7 Å². The van der Waals surface area contributed by atoms with Gasteiger partial charge in [0.15, 0.2) is 0 Å². The zero-order valence-electron chi connectivity index (χ0n) is 14.7. The zero-order chi connectivity index (χ0) is 18.4. The summed E-state index contributed by atoms with van der Waals surface area (Å²) in [6.07, 6.45) is 0.404. The van der Waals surface area contributed by atoms with Crippen LogP contribution in [0.4, 0.5) is 0 Å². The van der Waals surface area contributed by atoms with Crippen LogP contribution < -0.4 is 4.74 Å². The Morgan fingerprint density at radius 3 is 2.40 bits per heavy atom. The maximum atomic E-state index is 12.6. The van der Waals surface area contributed by atoms with Crippen molar-refractivity contribution in [3.63, 3.8) is 0 Å². The molecule has 1 amide bonds. The van der Waals surface area contributed by atoms with Gasteiger partial charge < -0.3 is 14.7 Å². The molecular formula is C20H23NO4. The Kier molecular flexibility index (Phi) is 6.17. The first-order valence-electron chi connectivity index (χ1n) is 8.08. The summed E-state index contributed by atoms with van der Waals surface area (Å²) in [6, 6.07) is 14.0. The number of amides is 1. The minimum absolute atomic E-state index is 0.131. The van der Waals surface area contributed by atoms with Crippen LogP contribution in [0.1, 0.15) is 16.7 Å². The Bertz CT molecular complexity index is 743. The van der Waals surface area contributed by atoms with Gasteiger partial charge in [0.05, 0.1) is 13.5 Å². The van der Waals surface area contributed by atoms with E-state index in [9.17, 15) is 14.7 Å². The Hall–Kier alpha value is -2.82. The number of ether oxygens (including phenoxy) is 1. The fourth-order valence-electron chi connectivity index (χ4n) is 2.67. The van der Waals surface area contributed by atoms with Crippen LogP contribution in [0.2, 0.25) is 0 Å². The van der Waals surface area contributed by atoms with Gasteiger partial charge in [-0.15, -0.1) is 0 Å². The molecule has 0 fully saturated rings. The molecule has 5 nitrogen and oxygen atoms in total. The van der Waals surface area contributed by atoms with Crippen molar-refractivity contribution in [2.45, 2.75) is 25.8 Å². The van der Waals surface area contributed by atoms with Crippen molar-refractivity contribution in [3.8, 4) is 5.75 Å². The highest BCUT2D eigenvalue weighted by molar-refractivity contribution is 5.85. The molecule has 0 aromatic heterocycles. The molecular weight excluding hydrogens is 318 g/mol. The minimum Gasteiger partial charge on any atom is -0.496 e. The highest BCUT2D eigenvalue weighted by atomic mass is 16.5. The number of nitrogens with zero attached hydrogens (tertiary/aromatic N) is 1. The summed E-state index contributed by atoms with van der Waals surface area (Å²) in [7, 11) is 3.12. The molecule has 0 heterocycles. The number of benzene rings is 2. The van der Waals surface area contributed by atoms with Gasteiger partial charge in [0.25, 0.3) is 0 Å². The first kappa shape index (κ1) is 18.5. The summed E-state index contributed by atoms with van der Waals surface area (Å²) in [6.45, 7) is 1.93. The second-order valence-corrected chi connectivity index (χ2v) is 6.03. The molecule has 0 radical (unpaired) electrons. The van der Waals surface area contributed by atoms with Crippen molar-refractivity contribution < 1.29 is 19.4 Å². The van der Waals surface area contributed by atoms with Crippen molar-refractivity contribution in [1.82, 2.24) is 4.90 Å². The number of methoxy groups -OCH3 is 1. The maximum absolute atomic E-state index is 12.6. The van der Waals surface area contributed by atoms with Gasteiger partial charge in [-0.3, -0.25) is 4.79 Å². The van der Waals surface area contributed by atoms with Crippen LogP contribution in [0, 0.1) is 6.92 Å². The molecule has 25 heavy (non-hydrogen) atoms. The molecule has 2 rings (SSSR count). The lowest BCUT2D eigenvalue weighted by Gasteiger charge is -2.25. The lowest BCUT2D eigenvalue weighted by molar-refractivity contribution is -0.148. The molecule has 0 aliphatic rings. The predicted molar refractivity (Wildman–Crippen MR) is 95.8 cm³/mol. The molecule has 2 aromatic rings. The smallest absolute Gasteiger partial charge is 0.326 e. The van der Waals surface area contributed by atoms with Crippen LogP contribution in [0.15, 0.2) is 48.5 Å². The third-order valence-electron chi connectivity index (χ3n) is 4.25. The highest BCUT2D eigenvalue weighted by Gasteiger charge is 2.26. The molecule has 1 atom stereocenters. The van der Waals surface area contributed by atoms with Crippen molar-refractivity contribution >= 4 is 11.9 Å². The number of carboxylic acid groups (broad SMARTS) is 1. The monoisotopic (exact) mass is 341 g/mol. The number of carboxylic acids is 1. The molecule has 1 N–H and O–H groups in total. The van der Waals surface area contributed by atoms with Crippen molar-refractivity contribution in [3.05, 3.63) is 65.2 Å². The zero-order valence-corrected chi connectivity index (χ0v) is 14.7. The highest BCUT2D eigenvalue weighted by Crippen LogP contribution is 2.20. The summed E-state index contributed by atoms with van der Waals surface area (Å²) in [5.74, 6) is -0.539. The number of aryl methyl sites for hydroxylation is 1. The molecule has 0 aliphatic carbocycles. The lowest BCUT2D eigenvalue weighted by atomic mass is 10.0. The van der Waals surface area contributed by atoms with Gasteiger partial charge in [0, 0.05) is 13.5 Å². The van der Waals surface area contributed by atoms with Gasteiger partial charge in [0.1, 0.15) is 11.8 Å². The largest absolute Gasteiger partial charge is 0.496 e. The SMILES string of the molecule is COc1cc(CC(=O)N(C)C(Cc2ccccc2)C(=O)O)ccc1C. The minimum atomic E-state index is -1.01. The summed E-state index contributed by atoms with van der Waals surface area (Å²) in [4.78, 5) is 25.5. The number of carbonyl (C=O) groups is 2. The first-order chi connectivity index (χ1) is 11.9. The molecule has 0 spiro atoms. The average molecular weight is 341 g/mol. The molecule has 5 heteroatoms. The van der Waals surface area contributed by atoms with Gasteiger partial charge in [-0.05, 0) is 29.7 Å².